The SMILES string of the molecule is COc1cc2c(Oc3ccc(NC(=O)c4ccccc4)cc3)ccnc2cc1OCC1CCCN1. The van der Waals surface area contributed by atoms with Crippen LogP contribution in [-0.4, -0.2) is 37.2 Å². The van der Waals surface area contributed by atoms with Crippen molar-refractivity contribution >= 4 is 22.5 Å². The predicted octanol–water partition coefficient (Wildman–Crippen LogP) is 5.42. The van der Waals surface area contributed by atoms with E-state index in [0.29, 0.717) is 46.9 Å². The molecule has 0 bridgehead atoms. The lowest BCUT2D eigenvalue weighted by molar-refractivity contribution is 0.102. The second-order valence-corrected chi connectivity index (χ2v) is 8.38. The molecular formula is C28H27N3O4. The van der Waals surface area contributed by atoms with E-state index < -0.39 is 0 Å². The van der Waals surface area contributed by atoms with Gasteiger partial charge in [0, 0.05) is 34.9 Å². The number of fused-ring (bicyclic) bond motifs is 1. The molecule has 0 spiro atoms. The molecule has 35 heavy (non-hydrogen) atoms. The van der Waals surface area contributed by atoms with E-state index in [1.807, 2.05) is 60.7 Å². The van der Waals surface area contributed by atoms with Crippen LogP contribution in [-0.2, 0) is 0 Å². The van der Waals surface area contributed by atoms with Crippen molar-refractivity contribution in [1.82, 2.24) is 10.3 Å². The summed E-state index contributed by atoms with van der Waals surface area (Å²) in [4.78, 5) is 16.9. The molecule has 1 aliphatic rings. The Balaban J connectivity index is 1.31. The third-order valence-electron chi connectivity index (χ3n) is 5.97. The molecule has 0 radical (unpaired) electrons. The molecule has 0 aliphatic carbocycles. The summed E-state index contributed by atoms with van der Waals surface area (Å²) in [5.74, 6) is 2.43. The lowest BCUT2D eigenvalue weighted by atomic mass is 10.1. The van der Waals surface area contributed by atoms with Gasteiger partial charge in [0.2, 0.25) is 0 Å². The molecule has 1 amide bonds. The van der Waals surface area contributed by atoms with Gasteiger partial charge in [0.25, 0.3) is 5.91 Å². The van der Waals surface area contributed by atoms with E-state index in [9.17, 15) is 4.79 Å². The summed E-state index contributed by atoms with van der Waals surface area (Å²) in [6.07, 6.45) is 3.99. The van der Waals surface area contributed by atoms with Crippen LogP contribution in [0.25, 0.3) is 10.9 Å². The number of aromatic nitrogens is 1. The monoisotopic (exact) mass is 469 g/mol. The number of nitrogens with one attached hydrogen (secondary N) is 2. The summed E-state index contributed by atoms with van der Waals surface area (Å²) in [6, 6.07) is 22.3. The molecular weight excluding hydrogens is 442 g/mol. The molecule has 5 rings (SSSR count). The summed E-state index contributed by atoms with van der Waals surface area (Å²) in [7, 11) is 1.63. The minimum absolute atomic E-state index is 0.159. The molecule has 178 valence electrons. The van der Waals surface area contributed by atoms with Crippen LogP contribution in [0.3, 0.4) is 0 Å². The first kappa shape index (κ1) is 22.7. The minimum Gasteiger partial charge on any atom is -0.493 e. The standard InChI is InChI=1S/C28H27N3O4/c1-33-26-16-23-24(17-27(26)34-18-21-8-5-14-29-21)30-15-13-25(23)35-22-11-9-20(10-12-22)31-28(32)19-6-3-2-4-7-19/h2-4,6-7,9-13,15-17,21,29H,5,8,14,18H2,1H3,(H,31,32). The van der Waals surface area contributed by atoms with Gasteiger partial charge in [0.05, 0.1) is 12.6 Å². The molecule has 2 N–H and O–H groups in total. The number of benzene rings is 3. The number of nitrogens with zero attached hydrogens (tertiary/aromatic N) is 1. The van der Waals surface area contributed by atoms with Crippen LogP contribution in [0.2, 0.25) is 0 Å². The first-order chi connectivity index (χ1) is 17.2. The van der Waals surface area contributed by atoms with E-state index in [1.165, 1.54) is 6.42 Å². The van der Waals surface area contributed by atoms with Gasteiger partial charge in [-0.25, -0.2) is 0 Å². The molecule has 7 heteroatoms. The maximum atomic E-state index is 12.4. The van der Waals surface area contributed by atoms with Gasteiger partial charge in [-0.15, -0.1) is 0 Å². The average molecular weight is 470 g/mol. The largest absolute Gasteiger partial charge is 0.493 e. The highest BCUT2D eigenvalue weighted by Crippen LogP contribution is 2.37. The highest BCUT2D eigenvalue weighted by molar-refractivity contribution is 6.04. The van der Waals surface area contributed by atoms with E-state index in [-0.39, 0.29) is 5.91 Å². The average Bonchev–Trinajstić information content (AvgIpc) is 3.42. The number of methoxy groups -OCH3 is 1. The van der Waals surface area contributed by atoms with Gasteiger partial charge in [-0.3, -0.25) is 9.78 Å². The topological polar surface area (TPSA) is 81.7 Å². The normalized spacial score (nSPS) is 15.1. The zero-order chi connectivity index (χ0) is 24.0. The number of ether oxygens (including phenoxy) is 3. The molecule has 3 aromatic carbocycles. The maximum absolute atomic E-state index is 12.4. The van der Waals surface area contributed by atoms with Gasteiger partial charge in [-0.1, -0.05) is 18.2 Å². The summed E-state index contributed by atoms with van der Waals surface area (Å²) < 4.78 is 17.8. The number of rotatable bonds is 8. The van der Waals surface area contributed by atoms with Crippen molar-refractivity contribution in [1.29, 1.82) is 0 Å². The molecule has 4 aromatic rings. The van der Waals surface area contributed by atoms with Crippen molar-refractivity contribution < 1.29 is 19.0 Å². The number of amides is 1. The van der Waals surface area contributed by atoms with Crippen LogP contribution in [0.5, 0.6) is 23.0 Å². The molecule has 1 aliphatic heterocycles. The Hall–Kier alpha value is -4.10. The van der Waals surface area contributed by atoms with Crippen LogP contribution in [0.15, 0.2) is 79.0 Å². The fourth-order valence-corrected chi connectivity index (χ4v) is 4.11. The molecule has 1 unspecified atom stereocenters. The Labute approximate surface area is 204 Å². The van der Waals surface area contributed by atoms with Gasteiger partial charge in [-0.2, -0.15) is 0 Å². The van der Waals surface area contributed by atoms with Crippen LogP contribution >= 0.6 is 0 Å². The molecule has 2 heterocycles. The van der Waals surface area contributed by atoms with Crippen molar-refractivity contribution in [3.8, 4) is 23.0 Å². The second kappa shape index (κ2) is 10.4. The van der Waals surface area contributed by atoms with Crippen LogP contribution in [0, 0.1) is 0 Å². The fourth-order valence-electron chi connectivity index (χ4n) is 4.11. The van der Waals surface area contributed by atoms with Crippen LogP contribution < -0.4 is 24.8 Å². The Morgan fingerprint density at radius 1 is 1.03 bits per heavy atom. The number of pyridine rings is 1. The van der Waals surface area contributed by atoms with Crippen LogP contribution in [0.4, 0.5) is 5.69 Å². The van der Waals surface area contributed by atoms with Crippen molar-refractivity contribution in [3.63, 3.8) is 0 Å². The first-order valence-corrected chi connectivity index (χ1v) is 11.7. The van der Waals surface area contributed by atoms with E-state index >= 15 is 0 Å². The quantitative estimate of drug-likeness (QED) is 0.359. The zero-order valence-electron chi connectivity index (χ0n) is 19.5. The van der Waals surface area contributed by atoms with Crippen molar-refractivity contribution in [2.75, 3.05) is 25.6 Å². The fraction of sp³-hybridized carbons (Fsp3) is 0.214. The van der Waals surface area contributed by atoms with E-state index in [0.717, 1.165) is 23.9 Å². The van der Waals surface area contributed by atoms with Crippen molar-refractivity contribution in [3.05, 3.63) is 84.6 Å². The molecule has 1 saturated heterocycles. The zero-order valence-corrected chi connectivity index (χ0v) is 19.5. The number of hydrogen-bond acceptors (Lipinski definition) is 6. The number of carbonyl (C=O) groups excluding carboxylic acids is 1. The van der Waals surface area contributed by atoms with E-state index in [4.69, 9.17) is 14.2 Å². The first-order valence-electron chi connectivity index (χ1n) is 11.7. The van der Waals surface area contributed by atoms with Gasteiger partial charge < -0.3 is 24.8 Å². The third-order valence-corrected chi connectivity index (χ3v) is 5.97. The van der Waals surface area contributed by atoms with Gasteiger partial charge in [0.15, 0.2) is 11.5 Å². The molecule has 7 nitrogen and oxygen atoms in total. The van der Waals surface area contributed by atoms with Gasteiger partial charge in [-0.05, 0) is 67.9 Å². The molecule has 0 saturated carbocycles. The second-order valence-electron chi connectivity index (χ2n) is 8.38. The summed E-state index contributed by atoms with van der Waals surface area (Å²) >= 11 is 0. The lowest BCUT2D eigenvalue weighted by Gasteiger charge is -2.16. The third kappa shape index (κ3) is 5.36. The molecule has 1 aromatic heterocycles. The van der Waals surface area contributed by atoms with Crippen molar-refractivity contribution in [2.24, 2.45) is 0 Å². The van der Waals surface area contributed by atoms with Crippen molar-refractivity contribution in [2.45, 2.75) is 18.9 Å². The number of carbonyl (C=O) groups is 1. The number of anilines is 1. The van der Waals surface area contributed by atoms with E-state index in [1.54, 1.807) is 25.4 Å². The Bertz CT molecular complexity index is 1300. The highest BCUT2D eigenvalue weighted by atomic mass is 16.5. The van der Waals surface area contributed by atoms with Gasteiger partial charge in [0.1, 0.15) is 18.1 Å². The Morgan fingerprint density at radius 3 is 2.60 bits per heavy atom. The number of hydrogen-bond donors (Lipinski definition) is 2. The maximum Gasteiger partial charge on any atom is 0.255 e. The molecule has 1 atom stereocenters. The highest BCUT2D eigenvalue weighted by Gasteiger charge is 2.17. The van der Waals surface area contributed by atoms with Gasteiger partial charge >= 0.3 is 0 Å². The van der Waals surface area contributed by atoms with E-state index in [2.05, 4.69) is 15.6 Å². The summed E-state index contributed by atoms with van der Waals surface area (Å²) in [5, 5.41) is 7.15. The smallest absolute Gasteiger partial charge is 0.255 e. The molecule has 1 fully saturated rings. The predicted molar refractivity (Wildman–Crippen MR) is 136 cm³/mol. The summed E-state index contributed by atoms with van der Waals surface area (Å²) in [5.41, 5.74) is 2.04. The lowest BCUT2D eigenvalue weighted by Crippen LogP contribution is -2.28. The Morgan fingerprint density at radius 2 is 1.86 bits per heavy atom. The Kier molecular flexibility index (Phi) is 6.77. The summed E-state index contributed by atoms with van der Waals surface area (Å²) in [6.45, 7) is 1.62. The minimum atomic E-state index is -0.159. The van der Waals surface area contributed by atoms with Crippen LogP contribution in [0.1, 0.15) is 23.2 Å².